The molecule has 0 spiro atoms. The zero-order valence-electron chi connectivity index (χ0n) is 12.0. The molecule has 20 heavy (non-hydrogen) atoms. The zero-order chi connectivity index (χ0) is 14.5. The van der Waals surface area contributed by atoms with Gasteiger partial charge in [-0.3, -0.25) is 15.0 Å². The second-order valence-electron chi connectivity index (χ2n) is 5.49. The Morgan fingerprint density at radius 1 is 1.45 bits per heavy atom. The maximum absolute atomic E-state index is 11.0. The number of likely N-dealkylation sites (tertiary alicyclic amines) is 1. The number of hydrogen-bond acceptors (Lipinski definition) is 4. The average molecular weight is 277 g/mol. The van der Waals surface area contributed by atoms with Crippen LogP contribution in [0, 0.1) is 10.1 Å². The Morgan fingerprint density at radius 2 is 2.25 bits per heavy atom. The third kappa shape index (κ3) is 3.35. The van der Waals surface area contributed by atoms with Gasteiger partial charge in [-0.15, -0.1) is 0 Å². The van der Waals surface area contributed by atoms with Gasteiger partial charge in [-0.25, -0.2) is 0 Å². The molecule has 0 aromatic heterocycles. The number of nitrogens with two attached hydrogens (primary N) is 1. The Bertz CT molecular complexity index is 464. The normalized spacial score (nSPS) is 24.3. The average Bonchev–Trinajstić information content (AvgIpc) is 2.61. The minimum atomic E-state index is -0.337. The Hall–Kier alpha value is -1.46. The van der Waals surface area contributed by atoms with Gasteiger partial charge >= 0.3 is 0 Å². The Labute approximate surface area is 119 Å². The summed E-state index contributed by atoms with van der Waals surface area (Å²) in [6.07, 6.45) is 4.33. The quantitative estimate of drug-likeness (QED) is 0.678. The fraction of sp³-hybridized carbons (Fsp3) is 0.600. The molecule has 2 unspecified atom stereocenters. The molecule has 0 amide bonds. The lowest BCUT2D eigenvalue weighted by Gasteiger charge is -2.33. The summed E-state index contributed by atoms with van der Waals surface area (Å²) in [6.45, 7) is 4.16. The predicted octanol–water partition coefficient (Wildman–Crippen LogP) is 2.86. The molecule has 0 saturated carbocycles. The fourth-order valence-electron chi connectivity index (χ4n) is 3.08. The molecule has 1 aromatic carbocycles. The third-order valence-corrected chi connectivity index (χ3v) is 3.97. The van der Waals surface area contributed by atoms with Gasteiger partial charge in [-0.1, -0.05) is 25.5 Å². The summed E-state index contributed by atoms with van der Waals surface area (Å²) >= 11 is 0. The number of benzene rings is 1. The van der Waals surface area contributed by atoms with Crippen molar-refractivity contribution in [1.82, 2.24) is 4.90 Å². The van der Waals surface area contributed by atoms with Crippen LogP contribution in [0.25, 0.3) is 0 Å². The van der Waals surface area contributed by atoms with Crippen LogP contribution >= 0.6 is 0 Å². The number of nitrogens with zero attached hydrogens (tertiary/aromatic N) is 2. The lowest BCUT2D eigenvalue weighted by atomic mass is 9.96. The summed E-state index contributed by atoms with van der Waals surface area (Å²) < 4.78 is 0. The first kappa shape index (κ1) is 14.9. The maximum atomic E-state index is 11.0. The van der Waals surface area contributed by atoms with Crippen LogP contribution < -0.4 is 5.73 Å². The smallest absolute Gasteiger partial charge is 0.269 e. The molecule has 1 fully saturated rings. The van der Waals surface area contributed by atoms with Crippen molar-refractivity contribution >= 4 is 5.69 Å². The molecule has 5 heteroatoms. The zero-order valence-corrected chi connectivity index (χ0v) is 12.0. The minimum Gasteiger partial charge on any atom is -0.326 e. The van der Waals surface area contributed by atoms with Crippen molar-refractivity contribution in [3.8, 4) is 0 Å². The van der Waals surface area contributed by atoms with E-state index in [2.05, 4.69) is 11.8 Å². The molecular weight excluding hydrogens is 254 g/mol. The molecule has 1 aromatic rings. The van der Waals surface area contributed by atoms with Crippen molar-refractivity contribution in [3.05, 3.63) is 39.9 Å². The second kappa shape index (κ2) is 6.81. The number of nitro benzene ring substituents is 1. The number of non-ortho nitro benzene ring substituents is 1. The third-order valence-electron chi connectivity index (χ3n) is 3.97. The standard InChI is InChI=1S/C15H23N3O2/c1-2-9-17-10-4-3-8-14(16)15(17)12-6-5-7-13(11-12)18(19)20/h5-7,11,14-15H,2-4,8-10,16H2,1H3. The number of rotatable bonds is 4. The van der Waals surface area contributed by atoms with Gasteiger partial charge in [0.15, 0.2) is 0 Å². The van der Waals surface area contributed by atoms with E-state index in [1.54, 1.807) is 12.1 Å². The van der Waals surface area contributed by atoms with Crippen molar-refractivity contribution in [1.29, 1.82) is 0 Å². The van der Waals surface area contributed by atoms with Crippen LogP contribution in [-0.4, -0.2) is 29.0 Å². The van der Waals surface area contributed by atoms with E-state index in [1.165, 1.54) is 6.07 Å². The van der Waals surface area contributed by atoms with E-state index in [1.807, 2.05) is 6.07 Å². The molecule has 1 heterocycles. The highest BCUT2D eigenvalue weighted by Crippen LogP contribution is 2.31. The molecule has 110 valence electrons. The highest BCUT2D eigenvalue weighted by Gasteiger charge is 2.29. The predicted molar refractivity (Wildman–Crippen MR) is 79.5 cm³/mol. The molecule has 0 bridgehead atoms. The van der Waals surface area contributed by atoms with E-state index in [-0.39, 0.29) is 22.7 Å². The Balaban J connectivity index is 2.33. The fourth-order valence-corrected chi connectivity index (χ4v) is 3.08. The minimum absolute atomic E-state index is 0.0473. The molecule has 5 nitrogen and oxygen atoms in total. The van der Waals surface area contributed by atoms with Gasteiger partial charge in [0.1, 0.15) is 0 Å². The largest absolute Gasteiger partial charge is 0.326 e. The van der Waals surface area contributed by atoms with Crippen LogP contribution in [0.1, 0.15) is 44.2 Å². The summed E-state index contributed by atoms with van der Waals surface area (Å²) in [4.78, 5) is 13.0. The van der Waals surface area contributed by atoms with Crippen LogP contribution in [0.2, 0.25) is 0 Å². The summed E-state index contributed by atoms with van der Waals surface area (Å²) in [5.41, 5.74) is 7.47. The molecule has 2 rings (SSSR count). The van der Waals surface area contributed by atoms with Crippen molar-refractivity contribution in [3.63, 3.8) is 0 Å². The molecule has 0 aliphatic carbocycles. The van der Waals surface area contributed by atoms with E-state index in [4.69, 9.17) is 5.73 Å². The van der Waals surface area contributed by atoms with Gasteiger partial charge < -0.3 is 5.73 Å². The first-order valence-corrected chi connectivity index (χ1v) is 7.37. The van der Waals surface area contributed by atoms with Crippen LogP contribution in [0.3, 0.4) is 0 Å². The molecule has 1 saturated heterocycles. The first-order valence-electron chi connectivity index (χ1n) is 7.37. The summed E-state index contributed by atoms with van der Waals surface area (Å²) in [5, 5.41) is 11.0. The van der Waals surface area contributed by atoms with Crippen LogP contribution in [0.15, 0.2) is 24.3 Å². The lowest BCUT2D eigenvalue weighted by Crippen LogP contribution is -2.40. The highest BCUT2D eigenvalue weighted by atomic mass is 16.6. The van der Waals surface area contributed by atoms with E-state index in [0.29, 0.717) is 0 Å². The van der Waals surface area contributed by atoms with E-state index in [0.717, 1.165) is 44.3 Å². The molecule has 2 atom stereocenters. The van der Waals surface area contributed by atoms with Gasteiger partial charge in [-0.2, -0.15) is 0 Å². The Morgan fingerprint density at radius 3 is 2.95 bits per heavy atom. The Kier molecular flexibility index (Phi) is 5.09. The summed E-state index contributed by atoms with van der Waals surface area (Å²) in [5.74, 6) is 0. The number of hydrogen-bond donors (Lipinski definition) is 1. The maximum Gasteiger partial charge on any atom is 0.269 e. The molecule has 2 N–H and O–H groups in total. The van der Waals surface area contributed by atoms with E-state index >= 15 is 0 Å². The summed E-state index contributed by atoms with van der Waals surface area (Å²) in [7, 11) is 0. The van der Waals surface area contributed by atoms with Gasteiger partial charge in [0.2, 0.25) is 0 Å². The second-order valence-corrected chi connectivity index (χ2v) is 5.49. The van der Waals surface area contributed by atoms with Crippen molar-refractivity contribution in [2.24, 2.45) is 5.73 Å². The van der Waals surface area contributed by atoms with E-state index < -0.39 is 0 Å². The first-order chi connectivity index (χ1) is 9.63. The van der Waals surface area contributed by atoms with Crippen molar-refractivity contribution < 1.29 is 4.92 Å². The summed E-state index contributed by atoms with van der Waals surface area (Å²) in [6, 6.07) is 7.08. The van der Waals surface area contributed by atoms with Gasteiger partial charge in [0.25, 0.3) is 5.69 Å². The molecule has 1 aliphatic heterocycles. The van der Waals surface area contributed by atoms with Crippen molar-refractivity contribution in [2.45, 2.75) is 44.7 Å². The van der Waals surface area contributed by atoms with Gasteiger partial charge in [0.05, 0.1) is 11.0 Å². The SMILES string of the molecule is CCCN1CCCCC(N)C1c1cccc([N+](=O)[O-])c1. The monoisotopic (exact) mass is 277 g/mol. The number of nitro groups is 1. The lowest BCUT2D eigenvalue weighted by molar-refractivity contribution is -0.385. The van der Waals surface area contributed by atoms with Crippen molar-refractivity contribution in [2.75, 3.05) is 13.1 Å². The molecule has 0 radical (unpaired) electrons. The molecular formula is C15H23N3O2. The highest BCUT2D eigenvalue weighted by molar-refractivity contribution is 5.36. The topological polar surface area (TPSA) is 72.4 Å². The van der Waals surface area contributed by atoms with Crippen LogP contribution in [0.4, 0.5) is 5.69 Å². The molecule has 1 aliphatic rings. The van der Waals surface area contributed by atoms with Gasteiger partial charge in [0, 0.05) is 18.2 Å². The van der Waals surface area contributed by atoms with Crippen LogP contribution in [-0.2, 0) is 0 Å². The van der Waals surface area contributed by atoms with E-state index in [9.17, 15) is 10.1 Å². The van der Waals surface area contributed by atoms with Gasteiger partial charge in [-0.05, 0) is 37.9 Å². The van der Waals surface area contributed by atoms with Crippen LogP contribution in [0.5, 0.6) is 0 Å².